The summed E-state index contributed by atoms with van der Waals surface area (Å²) in [4.78, 5) is 16.9. The molecular formula is C18H23N3O3. The van der Waals surface area contributed by atoms with Crippen molar-refractivity contribution in [3.63, 3.8) is 0 Å². The topological polar surface area (TPSA) is 63.7 Å². The Labute approximate surface area is 142 Å². The minimum Gasteiger partial charge on any atom is -0.494 e. The largest absolute Gasteiger partial charge is 0.494 e. The minimum absolute atomic E-state index is 0.423. The lowest BCUT2D eigenvalue weighted by Crippen LogP contribution is -2.44. The minimum atomic E-state index is -0.596. The lowest BCUT2D eigenvalue weighted by Gasteiger charge is -2.26. The lowest BCUT2D eigenvalue weighted by atomic mass is 10.1. The van der Waals surface area contributed by atoms with Gasteiger partial charge in [0.1, 0.15) is 17.0 Å². The molecule has 0 saturated carbocycles. The molecule has 0 spiro atoms. The number of hydrogen-bond donors (Lipinski definition) is 1. The molecule has 1 N–H and O–H groups in total. The van der Waals surface area contributed by atoms with Crippen molar-refractivity contribution in [1.82, 2.24) is 10.4 Å². The molecule has 1 heterocycles. The molecule has 0 aliphatic heterocycles. The third-order valence-electron chi connectivity index (χ3n) is 3.14. The van der Waals surface area contributed by atoms with E-state index in [0.29, 0.717) is 17.3 Å². The van der Waals surface area contributed by atoms with E-state index in [-0.39, 0.29) is 0 Å². The molecule has 0 bridgehead atoms. The highest BCUT2D eigenvalue weighted by molar-refractivity contribution is 5.86. The molecule has 24 heavy (non-hydrogen) atoms. The summed E-state index contributed by atoms with van der Waals surface area (Å²) >= 11 is 0. The van der Waals surface area contributed by atoms with E-state index in [2.05, 4.69) is 10.4 Å². The molecule has 6 heteroatoms. The van der Waals surface area contributed by atoms with Gasteiger partial charge in [-0.3, -0.25) is 0 Å². The number of rotatable bonds is 4. The van der Waals surface area contributed by atoms with Gasteiger partial charge in [-0.2, -0.15) is 5.01 Å². The van der Waals surface area contributed by atoms with E-state index < -0.39 is 11.7 Å². The fourth-order valence-electron chi connectivity index (χ4n) is 2.14. The number of nitrogens with one attached hydrogen (secondary N) is 1. The van der Waals surface area contributed by atoms with Crippen LogP contribution in [0.4, 0.5) is 10.6 Å². The summed E-state index contributed by atoms with van der Waals surface area (Å²) in [7, 11) is 3.23. The average Bonchev–Trinajstić information content (AvgIpc) is 2.54. The summed E-state index contributed by atoms with van der Waals surface area (Å²) in [6.07, 6.45) is -0.526. The van der Waals surface area contributed by atoms with Gasteiger partial charge in [0, 0.05) is 12.6 Å². The molecule has 0 radical (unpaired) electrons. The highest BCUT2D eigenvalue weighted by Gasteiger charge is 2.24. The molecule has 1 amide bonds. The fraction of sp³-hybridized carbons (Fsp3) is 0.333. The lowest BCUT2D eigenvalue weighted by molar-refractivity contribution is 0.0564. The zero-order valence-electron chi connectivity index (χ0n) is 14.7. The fourth-order valence-corrected chi connectivity index (χ4v) is 2.14. The maximum Gasteiger partial charge on any atom is 0.430 e. The number of pyridine rings is 1. The Balaban J connectivity index is 2.41. The number of carbonyl (C=O) groups excluding carboxylic acids is 1. The normalized spacial score (nSPS) is 11.0. The van der Waals surface area contributed by atoms with Crippen molar-refractivity contribution in [1.29, 1.82) is 0 Å². The van der Waals surface area contributed by atoms with Crippen LogP contribution in [0.5, 0.6) is 5.75 Å². The van der Waals surface area contributed by atoms with E-state index in [0.717, 1.165) is 5.56 Å². The standard InChI is InChI=1S/C18H23N3O3/c1-18(2,3)24-17(22)21(19-4)15-12-11-14(23-5)16(20-15)13-9-7-6-8-10-13/h6-12,19H,1-5H3. The molecule has 0 atom stereocenters. The monoisotopic (exact) mass is 329 g/mol. The number of aromatic nitrogens is 1. The first kappa shape index (κ1) is 17.7. The molecule has 0 saturated heterocycles. The van der Waals surface area contributed by atoms with Crippen LogP contribution in [0.2, 0.25) is 0 Å². The molecular weight excluding hydrogens is 306 g/mol. The SMILES string of the molecule is CNN(C(=O)OC(C)(C)C)c1ccc(OC)c(-c2ccccc2)n1. The summed E-state index contributed by atoms with van der Waals surface area (Å²) in [5.74, 6) is 1.05. The molecule has 1 aromatic heterocycles. The molecule has 128 valence electrons. The van der Waals surface area contributed by atoms with Crippen LogP contribution in [-0.4, -0.2) is 30.8 Å². The van der Waals surface area contributed by atoms with Crippen molar-refractivity contribution in [2.75, 3.05) is 19.2 Å². The predicted molar refractivity (Wildman–Crippen MR) is 94.0 cm³/mol. The highest BCUT2D eigenvalue weighted by Crippen LogP contribution is 2.30. The van der Waals surface area contributed by atoms with Crippen LogP contribution in [0.3, 0.4) is 0 Å². The van der Waals surface area contributed by atoms with Gasteiger partial charge < -0.3 is 9.47 Å². The number of anilines is 1. The number of nitrogens with zero attached hydrogens (tertiary/aromatic N) is 2. The Bertz CT molecular complexity index is 696. The Hall–Kier alpha value is -2.60. The zero-order chi connectivity index (χ0) is 17.7. The van der Waals surface area contributed by atoms with Crippen LogP contribution < -0.4 is 15.2 Å². The van der Waals surface area contributed by atoms with Crippen molar-refractivity contribution < 1.29 is 14.3 Å². The first-order chi connectivity index (χ1) is 11.4. The maximum atomic E-state index is 12.4. The summed E-state index contributed by atoms with van der Waals surface area (Å²) in [5.41, 5.74) is 3.77. The van der Waals surface area contributed by atoms with E-state index in [4.69, 9.17) is 9.47 Å². The molecule has 2 rings (SSSR count). The van der Waals surface area contributed by atoms with E-state index in [1.165, 1.54) is 5.01 Å². The van der Waals surface area contributed by atoms with Gasteiger partial charge in [-0.15, -0.1) is 0 Å². The second kappa shape index (κ2) is 7.31. The quantitative estimate of drug-likeness (QED) is 0.868. The number of benzene rings is 1. The number of hydrogen-bond acceptors (Lipinski definition) is 5. The third kappa shape index (κ3) is 4.23. The van der Waals surface area contributed by atoms with Gasteiger partial charge in [0.05, 0.1) is 7.11 Å². The Kier molecular flexibility index (Phi) is 5.41. The number of ether oxygens (including phenoxy) is 2. The Morgan fingerprint density at radius 1 is 1.12 bits per heavy atom. The third-order valence-corrected chi connectivity index (χ3v) is 3.14. The Morgan fingerprint density at radius 3 is 2.33 bits per heavy atom. The van der Waals surface area contributed by atoms with Gasteiger partial charge in [-0.25, -0.2) is 15.2 Å². The summed E-state index contributed by atoms with van der Waals surface area (Å²) in [5, 5.41) is 1.26. The summed E-state index contributed by atoms with van der Waals surface area (Å²) < 4.78 is 10.8. The molecule has 6 nitrogen and oxygen atoms in total. The van der Waals surface area contributed by atoms with Crippen LogP contribution >= 0.6 is 0 Å². The van der Waals surface area contributed by atoms with Crippen molar-refractivity contribution in [3.8, 4) is 17.0 Å². The van der Waals surface area contributed by atoms with E-state index >= 15 is 0 Å². The van der Waals surface area contributed by atoms with Crippen LogP contribution in [0.25, 0.3) is 11.3 Å². The van der Waals surface area contributed by atoms with Gasteiger partial charge in [0.25, 0.3) is 0 Å². The van der Waals surface area contributed by atoms with Crippen molar-refractivity contribution in [2.45, 2.75) is 26.4 Å². The van der Waals surface area contributed by atoms with Crippen LogP contribution in [0.1, 0.15) is 20.8 Å². The average molecular weight is 329 g/mol. The Morgan fingerprint density at radius 2 is 1.79 bits per heavy atom. The highest BCUT2D eigenvalue weighted by atomic mass is 16.6. The molecule has 0 aliphatic carbocycles. The molecule has 1 aromatic carbocycles. The van der Waals surface area contributed by atoms with Crippen molar-refractivity contribution in [3.05, 3.63) is 42.5 Å². The van der Waals surface area contributed by atoms with Gasteiger partial charge in [-0.1, -0.05) is 30.3 Å². The smallest absolute Gasteiger partial charge is 0.430 e. The number of methoxy groups -OCH3 is 1. The van der Waals surface area contributed by atoms with Gasteiger partial charge >= 0.3 is 6.09 Å². The van der Waals surface area contributed by atoms with Crippen molar-refractivity contribution in [2.24, 2.45) is 0 Å². The first-order valence-corrected chi connectivity index (χ1v) is 7.66. The number of hydrazine groups is 1. The van der Waals surface area contributed by atoms with Gasteiger partial charge in [0.15, 0.2) is 5.82 Å². The van der Waals surface area contributed by atoms with E-state index in [1.54, 1.807) is 26.3 Å². The number of carbonyl (C=O) groups is 1. The van der Waals surface area contributed by atoms with Crippen LogP contribution in [0.15, 0.2) is 42.5 Å². The molecule has 0 aliphatic rings. The van der Waals surface area contributed by atoms with Crippen LogP contribution in [-0.2, 0) is 4.74 Å². The van der Waals surface area contributed by atoms with Gasteiger partial charge in [-0.05, 0) is 32.9 Å². The second-order valence-electron chi connectivity index (χ2n) is 6.13. The maximum absolute atomic E-state index is 12.4. The molecule has 0 fully saturated rings. The molecule has 2 aromatic rings. The van der Waals surface area contributed by atoms with E-state index in [1.807, 2.05) is 51.1 Å². The molecule has 0 unspecified atom stereocenters. The van der Waals surface area contributed by atoms with E-state index in [9.17, 15) is 4.79 Å². The summed E-state index contributed by atoms with van der Waals surface area (Å²) in [6, 6.07) is 13.1. The predicted octanol–water partition coefficient (Wildman–Crippen LogP) is 3.63. The van der Waals surface area contributed by atoms with Crippen LogP contribution in [0, 0.1) is 0 Å². The number of amides is 1. The second-order valence-corrected chi connectivity index (χ2v) is 6.13. The van der Waals surface area contributed by atoms with Crippen molar-refractivity contribution >= 4 is 11.9 Å². The summed E-state index contributed by atoms with van der Waals surface area (Å²) in [6.45, 7) is 5.45. The zero-order valence-corrected chi connectivity index (χ0v) is 14.7. The first-order valence-electron chi connectivity index (χ1n) is 7.66. The van der Waals surface area contributed by atoms with Gasteiger partial charge in [0.2, 0.25) is 0 Å².